The Hall–Kier alpha value is -3.24. The standard InChI is InChI=1S/C22H28N4O5S/c1-14(2)13-21(28)24-18-5-7-19(8-6-18)25-22(29)15(3)26-32(30,31)20-11-9-17(10-12-20)23-16(4)27/h5-12,14-15,26H,13H2,1-4H3,(H,23,27)(H,24,28)(H,25,29)/t15-/m0/s1. The average Bonchev–Trinajstić information content (AvgIpc) is 2.68. The highest BCUT2D eigenvalue weighted by Gasteiger charge is 2.22. The summed E-state index contributed by atoms with van der Waals surface area (Å²) < 4.78 is 27.4. The summed E-state index contributed by atoms with van der Waals surface area (Å²) in [6, 6.07) is 11.1. The monoisotopic (exact) mass is 460 g/mol. The van der Waals surface area contributed by atoms with Crippen LogP contribution in [0.2, 0.25) is 0 Å². The van der Waals surface area contributed by atoms with Crippen LogP contribution >= 0.6 is 0 Å². The minimum Gasteiger partial charge on any atom is -0.326 e. The van der Waals surface area contributed by atoms with E-state index in [1.807, 2.05) is 13.8 Å². The van der Waals surface area contributed by atoms with Crippen LogP contribution in [-0.4, -0.2) is 32.2 Å². The van der Waals surface area contributed by atoms with Gasteiger partial charge in [0.25, 0.3) is 0 Å². The van der Waals surface area contributed by atoms with Crippen molar-refractivity contribution in [1.29, 1.82) is 0 Å². The third kappa shape index (κ3) is 7.78. The fourth-order valence-electron chi connectivity index (χ4n) is 2.75. The Balaban J connectivity index is 1.95. The Kier molecular flexibility index (Phi) is 8.50. The highest BCUT2D eigenvalue weighted by atomic mass is 32.2. The first-order valence-corrected chi connectivity index (χ1v) is 11.6. The molecular weight excluding hydrogens is 432 g/mol. The number of anilines is 3. The van der Waals surface area contributed by atoms with Crippen LogP contribution < -0.4 is 20.7 Å². The highest BCUT2D eigenvalue weighted by molar-refractivity contribution is 7.89. The predicted molar refractivity (Wildman–Crippen MR) is 124 cm³/mol. The van der Waals surface area contributed by atoms with Crippen LogP contribution in [0.5, 0.6) is 0 Å². The molecule has 0 aliphatic heterocycles. The normalized spacial score (nSPS) is 12.2. The molecule has 9 nitrogen and oxygen atoms in total. The van der Waals surface area contributed by atoms with E-state index >= 15 is 0 Å². The van der Waals surface area contributed by atoms with E-state index in [-0.39, 0.29) is 22.6 Å². The van der Waals surface area contributed by atoms with Gasteiger partial charge in [0.1, 0.15) is 0 Å². The first kappa shape index (κ1) is 25.0. The number of amides is 3. The van der Waals surface area contributed by atoms with Crippen molar-refractivity contribution in [2.45, 2.75) is 45.1 Å². The van der Waals surface area contributed by atoms with Gasteiger partial charge in [-0.3, -0.25) is 14.4 Å². The van der Waals surface area contributed by atoms with E-state index < -0.39 is 22.0 Å². The molecule has 32 heavy (non-hydrogen) atoms. The number of nitrogens with one attached hydrogen (secondary N) is 4. The van der Waals surface area contributed by atoms with Crippen molar-refractivity contribution in [2.75, 3.05) is 16.0 Å². The molecule has 10 heteroatoms. The lowest BCUT2D eigenvalue weighted by Crippen LogP contribution is -2.41. The van der Waals surface area contributed by atoms with Crippen molar-refractivity contribution in [3.8, 4) is 0 Å². The van der Waals surface area contributed by atoms with Gasteiger partial charge >= 0.3 is 0 Å². The van der Waals surface area contributed by atoms with Crippen LogP contribution in [0.4, 0.5) is 17.1 Å². The Morgan fingerprint density at radius 1 is 0.781 bits per heavy atom. The fraction of sp³-hybridized carbons (Fsp3) is 0.318. The molecule has 0 spiro atoms. The molecule has 0 aliphatic rings. The van der Waals surface area contributed by atoms with Crippen molar-refractivity contribution >= 4 is 44.8 Å². The SMILES string of the molecule is CC(=O)Nc1ccc(S(=O)(=O)N[C@@H](C)C(=O)Nc2ccc(NC(=O)CC(C)C)cc2)cc1. The van der Waals surface area contributed by atoms with Crippen LogP contribution in [-0.2, 0) is 24.4 Å². The van der Waals surface area contributed by atoms with E-state index in [1.54, 1.807) is 24.3 Å². The van der Waals surface area contributed by atoms with Gasteiger partial charge in [0.05, 0.1) is 10.9 Å². The number of sulfonamides is 1. The molecule has 0 unspecified atom stereocenters. The van der Waals surface area contributed by atoms with Crippen LogP contribution in [0.1, 0.15) is 34.1 Å². The molecule has 3 amide bonds. The van der Waals surface area contributed by atoms with Gasteiger partial charge in [-0.1, -0.05) is 13.8 Å². The third-order valence-electron chi connectivity index (χ3n) is 4.24. The van der Waals surface area contributed by atoms with Crippen LogP contribution in [0, 0.1) is 5.92 Å². The second-order valence-electron chi connectivity index (χ2n) is 7.76. The Morgan fingerprint density at radius 2 is 1.25 bits per heavy atom. The van der Waals surface area contributed by atoms with Crippen LogP contribution in [0.3, 0.4) is 0 Å². The zero-order valence-electron chi connectivity index (χ0n) is 18.4. The minimum absolute atomic E-state index is 0.0345. The van der Waals surface area contributed by atoms with Crippen molar-refractivity contribution in [1.82, 2.24) is 4.72 Å². The Bertz CT molecular complexity index is 1060. The zero-order chi connectivity index (χ0) is 23.9. The van der Waals surface area contributed by atoms with Gasteiger partial charge in [0.2, 0.25) is 27.7 Å². The molecule has 4 N–H and O–H groups in total. The second kappa shape index (κ2) is 10.9. The maximum Gasteiger partial charge on any atom is 0.242 e. The number of carbonyl (C=O) groups excluding carboxylic acids is 3. The number of hydrogen-bond donors (Lipinski definition) is 4. The lowest BCUT2D eigenvalue weighted by atomic mass is 10.1. The molecule has 0 bridgehead atoms. The largest absolute Gasteiger partial charge is 0.326 e. The topological polar surface area (TPSA) is 133 Å². The van der Waals surface area contributed by atoms with Crippen LogP contribution in [0.25, 0.3) is 0 Å². The van der Waals surface area contributed by atoms with E-state index in [0.717, 1.165) is 0 Å². The molecule has 1 atom stereocenters. The lowest BCUT2D eigenvalue weighted by molar-refractivity contribution is -0.118. The molecule has 2 aromatic rings. The van der Waals surface area contributed by atoms with Gasteiger partial charge in [-0.2, -0.15) is 4.72 Å². The molecule has 0 saturated heterocycles. The number of carbonyl (C=O) groups is 3. The maximum absolute atomic E-state index is 12.5. The smallest absolute Gasteiger partial charge is 0.242 e. The lowest BCUT2D eigenvalue weighted by Gasteiger charge is -2.15. The van der Waals surface area contributed by atoms with Crippen LogP contribution in [0.15, 0.2) is 53.4 Å². The molecule has 172 valence electrons. The third-order valence-corrected chi connectivity index (χ3v) is 5.80. The molecule has 0 saturated carbocycles. The predicted octanol–water partition coefficient (Wildman–Crippen LogP) is 2.94. The summed E-state index contributed by atoms with van der Waals surface area (Å²) in [5.41, 5.74) is 1.53. The highest BCUT2D eigenvalue weighted by Crippen LogP contribution is 2.16. The van der Waals surface area contributed by atoms with E-state index in [1.165, 1.54) is 38.1 Å². The maximum atomic E-state index is 12.5. The summed E-state index contributed by atoms with van der Waals surface area (Å²) in [5.74, 6) is -0.658. The second-order valence-corrected chi connectivity index (χ2v) is 9.48. The minimum atomic E-state index is -3.94. The summed E-state index contributed by atoms with van der Waals surface area (Å²) in [7, 11) is -3.94. The molecule has 0 fully saturated rings. The van der Waals surface area contributed by atoms with Crippen molar-refractivity contribution in [3.63, 3.8) is 0 Å². The number of rotatable bonds is 9. The quantitative estimate of drug-likeness (QED) is 0.457. The van der Waals surface area contributed by atoms with Gasteiger partial charge < -0.3 is 16.0 Å². The molecule has 2 rings (SSSR count). The van der Waals surface area contributed by atoms with Crippen molar-refractivity contribution in [2.24, 2.45) is 5.92 Å². The van der Waals surface area contributed by atoms with E-state index in [0.29, 0.717) is 23.5 Å². The summed E-state index contributed by atoms with van der Waals surface area (Å²) in [6.45, 7) is 6.69. The molecule has 2 aromatic carbocycles. The van der Waals surface area contributed by atoms with E-state index in [2.05, 4.69) is 20.7 Å². The van der Waals surface area contributed by atoms with Gasteiger partial charge in [-0.15, -0.1) is 0 Å². The Labute approximate surface area is 188 Å². The molecule has 0 radical (unpaired) electrons. The van der Waals surface area contributed by atoms with E-state index in [4.69, 9.17) is 0 Å². The fourth-order valence-corrected chi connectivity index (χ4v) is 3.95. The van der Waals surface area contributed by atoms with E-state index in [9.17, 15) is 22.8 Å². The van der Waals surface area contributed by atoms with Gasteiger partial charge in [-0.25, -0.2) is 8.42 Å². The van der Waals surface area contributed by atoms with Gasteiger partial charge in [0, 0.05) is 30.4 Å². The Morgan fingerprint density at radius 3 is 1.75 bits per heavy atom. The molecular formula is C22H28N4O5S. The molecule has 0 heterocycles. The molecule has 0 aliphatic carbocycles. The first-order valence-electron chi connectivity index (χ1n) is 10.1. The number of benzene rings is 2. The van der Waals surface area contributed by atoms with Crippen molar-refractivity contribution < 1.29 is 22.8 Å². The summed E-state index contributed by atoms with van der Waals surface area (Å²) in [5, 5.41) is 7.96. The number of hydrogen-bond acceptors (Lipinski definition) is 5. The average molecular weight is 461 g/mol. The molecule has 0 aromatic heterocycles. The summed E-state index contributed by atoms with van der Waals surface area (Å²) in [6.07, 6.45) is 0.409. The summed E-state index contributed by atoms with van der Waals surface area (Å²) in [4.78, 5) is 35.3. The summed E-state index contributed by atoms with van der Waals surface area (Å²) >= 11 is 0. The van der Waals surface area contributed by atoms with Gasteiger partial charge in [-0.05, 0) is 61.4 Å². The zero-order valence-corrected chi connectivity index (χ0v) is 19.2. The first-order chi connectivity index (χ1) is 15.0. The van der Waals surface area contributed by atoms with Crippen molar-refractivity contribution in [3.05, 3.63) is 48.5 Å². The van der Waals surface area contributed by atoms with Gasteiger partial charge in [0.15, 0.2) is 0 Å².